The van der Waals surface area contributed by atoms with Gasteiger partial charge in [-0.1, -0.05) is 52.9 Å². The van der Waals surface area contributed by atoms with Gasteiger partial charge in [0.05, 0.1) is 6.04 Å². The Morgan fingerprint density at radius 3 is 2.09 bits per heavy atom. The smallest absolute Gasteiger partial charge is 0.329 e. The molecule has 0 spiro atoms. The minimum absolute atomic E-state index is 0.0209. The molecule has 194 valence electrons. The third-order valence-electron chi connectivity index (χ3n) is 7.88. The molecule has 3 fully saturated rings. The molecular weight excluding hydrogens is 430 g/mol. The largest absolute Gasteiger partial charge is 0.458 e. The molecule has 7 nitrogen and oxygen atoms in total. The first-order valence-electron chi connectivity index (χ1n) is 13.4. The van der Waals surface area contributed by atoms with Crippen molar-refractivity contribution in [3.05, 3.63) is 0 Å². The molecule has 2 aliphatic carbocycles. The molecule has 0 bridgehead atoms. The summed E-state index contributed by atoms with van der Waals surface area (Å²) in [4.78, 5) is 42.3. The fourth-order valence-corrected chi connectivity index (χ4v) is 6.10. The molecule has 2 amide bonds. The number of nitrogens with one attached hydrogen (secondary N) is 1. The number of amides is 2. The molecule has 1 heterocycles. The molecular formula is C27H47N3O4. The first-order chi connectivity index (χ1) is 15.8. The highest BCUT2D eigenvalue weighted by Gasteiger charge is 2.51. The number of nitrogens with two attached hydrogens (primary N) is 1. The number of carbonyl (C=O) groups is 3. The summed E-state index contributed by atoms with van der Waals surface area (Å²) in [6.45, 7) is 11.4. The third kappa shape index (κ3) is 6.32. The maximum absolute atomic E-state index is 14.1. The molecule has 3 rings (SSSR count). The Morgan fingerprint density at radius 1 is 0.912 bits per heavy atom. The van der Waals surface area contributed by atoms with Crippen LogP contribution in [0.3, 0.4) is 0 Å². The highest BCUT2D eigenvalue weighted by molar-refractivity contribution is 5.93. The van der Waals surface area contributed by atoms with E-state index in [0.717, 1.165) is 51.4 Å². The second kappa shape index (κ2) is 10.5. The van der Waals surface area contributed by atoms with E-state index < -0.39 is 29.1 Å². The average Bonchev–Trinajstić information content (AvgIpc) is 3.15. The summed E-state index contributed by atoms with van der Waals surface area (Å²) in [6, 6.07) is -1.94. The number of hydrogen-bond acceptors (Lipinski definition) is 5. The van der Waals surface area contributed by atoms with Gasteiger partial charge >= 0.3 is 5.97 Å². The van der Waals surface area contributed by atoms with Gasteiger partial charge in [-0.05, 0) is 70.1 Å². The zero-order valence-corrected chi connectivity index (χ0v) is 22.2. The lowest BCUT2D eigenvalue weighted by molar-refractivity contribution is -0.165. The van der Waals surface area contributed by atoms with Crippen molar-refractivity contribution in [3.8, 4) is 0 Å². The molecule has 1 saturated heterocycles. The van der Waals surface area contributed by atoms with Crippen molar-refractivity contribution in [2.75, 3.05) is 0 Å². The van der Waals surface area contributed by atoms with E-state index in [2.05, 4.69) is 5.32 Å². The van der Waals surface area contributed by atoms with Gasteiger partial charge in [0.1, 0.15) is 17.7 Å². The standard InChI is InChI=1S/C27H47N3O4/c1-26(2,3)22(29-23(31)21(28)17-12-8-7-9-13-17)24(32)30-19-15-11-10-14-18(19)16-20(30)25(33)34-27(4,5)6/h17-22H,7-16,28H2,1-6H3,(H,29,31)/t18-,19-,20-,21-,22+/m0/s1. The Hall–Kier alpha value is -1.63. The third-order valence-corrected chi connectivity index (χ3v) is 7.88. The van der Waals surface area contributed by atoms with Crippen LogP contribution in [0.5, 0.6) is 0 Å². The topological polar surface area (TPSA) is 102 Å². The van der Waals surface area contributed by atoms with Gasteiger partial charge in [-0.15, -0.1) is 0 Å². The lowest BCUT2D eigenvalue weighted by atomic mass is 9.82. The first-order valence-corrected chi connectivity index (χ1v) is 13.4. The second-order valence-electron chi connectivity index (χ2n) is 12.9. The summed E-state index contributed by atoms with van der Waals surface area (Å²) in [5.74, 6) is -0.312. The molecule has 3 aliphatic rings. The van der Waals surface area contributed by atoms with E-state index in [9.17, 15) is 14.4 Å². The number of hydrogen-bond donors (Lipinski definition) is 2. The van der Waals surface area contributed by atoms with Crippen molar-refractivity contribution in [3.63, 3.8) is 0 Å². The highest BCUT2D eigenvalue weighted by atomic mass is 16.6. The summed E-state index contributed by atoms with van der Waals surface area (Å²) in [7, 11) is 0. The first kappa shape index (κ1) is 27.0. The number of esters is 1. The Labute approximate surface area is 205 Å². The summed E-state index contributed by atoms with van der Waals surface area (Å²) < 4.78 is 5.73. The maximum atomic E-state index is 14.1. The van der Waals surface area contributed by atoms with Crippen molar-refractivity contribution < 1.29 is 19.1 Å². The minimum Gasteiger partial charge on any atom is -0.458 e. The monoisotopic (exact) mass is 477 g/mol. The fourth-order valence-electron chi connectivity index (χ4n) is 6.10. The van der Waals surface area contributed by atoms with Crippen LogP contribution in [0.2, 0.25) is 0 Å². The van der Waals surface area contributed by atoms with E-state index in [1.165, 1.54) is 6.42 Å². The van der Waals surface area contributed by atoms with Crippen LogP contribution in [-0.4, -0.2) is 52.5 Å². The Kier molecular flexibility index (Phi) is 8.37. The molecule has 0 unspecified atom stereocenters. The van der Waals surface area contributed by atoms with Crippen LogP contribution < -0.4 is 11.1 Å². The van der Waals surface area contributed by atoms with Gasteiger partial charge in [-0.2, -0.15) is 0 Å². The summed E-state index contributed by atoms with van der Waals surface area (Å²) in [6.07, 6.45) is 10.0. The Morgan fingerprint density at radius 2 is 1.50 bits per heavy atom. The molecule has 1 aliphatic heterocycles. The van der Waals surface area contributed by atoms with Crippen molar-refractivity contribution in [2.45, 2.75) is 136 Å². The van der Waals surface area contributed by atoms with Gasteiger partial charge in [0.15, 0.2) is 0 Å². The molecule has 0 radical (unpaired) electrons. The van der Waals surface area contributed by atoms with Gasteiger partial charge in [-0.25, -0.2) is 4.79 Å². The van der Waals surface area contributed by atoms with Crippen molar-refractivity contribution >= 4 is 17.8 Å². The van der Waals surface area contributed by atoms with E-state index in [4.69, 9.17) is 10.5 Å². The predicted octanol–water partition coefficient (Wildman–Crippen LogP) is 3.93. The van der Waals surface area contributed by atoms with Crippen LogP contribution in [0.15, 0.2) is 0 Å². The molecule has 2 saturated carbocycles. The van der Waals surface area contributed by atoms with Crippen LogP contribution >= 0.6 is 0 Å². The van der Waals surface area contributed by atoms with Crippen LogP contribution in [0.1, 0.15) is 106 Å². The number of carbonyl (C=O) groups excluding carboxylic acids is 3. The lowest BCUT2D eigenvalue weighted by Crippen LogP contribution is -2.61. The van der Waals surface area contributed by atoms with E-state index in [-0.39, 0.29) is 29.7 Å². The zero-order valence-electron chi connectivity index (χ0n) is 22.2. The molecule has 0 aromatic heterocycles. The van der Waals surface area contributed by atoms with Gasteiger partial charge < -0.3 is 20.7 Å². The molecule has 7 heteroatoms. The SMILES string of the molecule is CC(C)(C)OC(=O)[C@@H]1C[C@@H]2CCCC[C@@H]2N1C(=O)[C@@H](NC(=O)[C@@H](N)C1CCCCC1)C(C)(C)C. The highest BCUT2D eigenvalue weighted by Crippen LogP contribution is 2.41. The molecule has 3 N–H and O–H groups in total. The number of likely N-dealkylation sites (tertiary alicyclic amines) is 1. The number of ether oxygens (including phenoxy) is 1. The van der Waals surface area contributed by atoms with E-state index in [1.54, 1.807) is 4.90 Å². The minimum atomic E-state index is -0.750. The van der Waals surface area contributed by atoms with Crippen LogP contribution in [0.25, 0.3) is 0 Å². The van der Waals surface area contributed by atoms with E-state index in [1.807, 2.05) is 41.5 Å². The zero-order chi connectivity index (χ0) is 25.3. The number of rotatable bonds is 5. The Balaban J connectivity index is 1.83. The molecule has 5 atom stereocenters. The van der Waals surface area contributed by atoms with E-state index >= 15 is 0 Å². The number of nitrogens with zero attached hydrogens (tertiary/aromatic N) is 1. The van der Waals surface area contributed by atoms with Gasteiger partial charge in [0.2, 0.25) is 11.8 Å². The summed E-state index contributed by atoms with van der Waals surface area (Å²) in [5, 5.41) is 3.03. The van der Waals surface area contributed by atoms with Crippen molar-refractivity contribution in [1.29, 1.82) is 0 Å². The van der Waals surface area contributed by atoms with Gasteiger partial charge in [-0.3, -0.25) is 9.59 Å². The molecule has 0 aromatic rings. The number of fused-ring (bicyclic) bond motifs is 1. The quantitative estimate of drug-likeness (QED) is 0.584. The van der Waals surface area contributed by atoms with Crippen LogP contribution in [-0.2, 0) is 19.1 Å². The van der Waals surface area contributed by atoms with E-state index in [0.29, 0.717) is 12.3 Å². The van der Waals surface area contributed by atoms with Gasteiger partial charge in [0.25, 0.3) is 0 Å². The summed E-state index contributed by atoms with van der Waals surface area (Å²) in [5.41, 5.74) is 5.23. The molecule has 34 heavy (non-hydrogen) atoms. The normalized spacial score (nSPS) is 28.1. The van der Waals surface area contributed by atoms with Crippen molar-refractivity contribution in [2.24, 2.45) is 23.0 Å². The van der Waals surface area contributed by atoms with Crippen molar-refractivity contribution in [1.82, 2.24) is 10.2 Å². The van der Waals surface area contributed by atoms with Crippen LogP contribution in [0, 0.1) is 17.3 Å². The van der Waals surface area contributed by atoms with Crippen LogP contribution in [0.4, 0.5) is 0 Å². The summed E-state index contributed by atoms with van der Waals surface area (Å²) >= 11 is 0. The average molecular weight is 478 g/mol. The Bertz CT molecular complexity index is 748. The molecule has 0 aromatic carbocycles. The predicted molar refractivity (Wildman–Crippen MR) is 133 cm³/mol. The maximum Gasteiger partial charge on any atom is 0.329 e. The fraction of sp³-hybridized carbons (Fsp3) is 0.889. The lowest BCUT2D eigenvalue weighted by Gasteiger charge is -2.40. The second-order valence-corrected chi connectivity index (χ2v) is 12.9. The van der Waals surface area contributed by atoms with Gasteiger partial charge in [0, 0.05) is 6.04 Å².